The predicted octanol–water partition coefficient (Wildman–Crippen LogP) is 2.62. The number of carbonyl (C=O) groups is 2. The number of rotatable bonds is 2. The smallest absolute Gasteiger partial charge is 0.259 e. The topological polar surface area (TPSA) is 55.2 Å². The van der Waals surface area contributed by atoms with E-state index in [1.165, 1.54) is 4.90 Å². The molecular weight excluding hydrogens is 278 g/mol. The third kappa shape index (κ3) is 2.13. The Hall–Kier alpha value is -2.43. The average molecular weight is 297 g/mol. The van der Waals surface area contributed by atoms with Crippen LogP contribution in [0.1, 0.15) is 35.0 Å². The van der Waals surface area contributed by atoms with Crippen LogP contribution in [0.3, 0.4) is 0 Å². The highest BCUT2D eigenvalue weighted by molar-refractivity contribution is 6.21. The van der Waals surface area contributed by atoms with E-state index in [-0.39, 0.29) is 18.2 Å². The molecule has 0 bridgehead atoms. The minimum atomic E-state index is -0.541. The highest BCUT2D eigenvalue weighted by Crippen LogP contribution is 2.31. The second-order valence-corrected chi connectivity index (χ2v) is 5.86. The van der Waals surface area contributed by atoms with E-state index >= 15 is 0 Å². The highest BCUT2D eigenvalue weighted by atomic mass is 16.2. The molecule has 1 aromatic carbocycles. The summed E-state index contributed by atoms with van der Waals surface area (Å²) in [5.41, 5.74) is 4.62. The van der Waals surface area contributed by atoms with Gasteiger partial charge in [-0.15, -0.1) is 0 Å². The Kier molecular flexibility index (Phi) is 3.35. The van der Waals surface area contributed by atoms with Gasteiger partial charge in [0.15, 0.2) is 0 Å². The molecular formula is C17H19N3O2. The predicted molar refractivity (Wildman–Crippen MR) is 83.8 cm³/mol. The third-order valence-corrected chi connectivity index (χ3v) is 4.40. The molecule has 0 aliphatic carbocycles. The van der Waals surface area contributed by atoms with Gasteiger partial charge in [0.2, 0.25) is 5.91 Å². The minimum Gasteiger partial charge on any atom is -0.274 e. The van der Waals surface area contributed by atoms with Gasteiger partial charge in [0, 0.05) is 5.69 Å². The fraction of sp³-hybridized carbons (Fsp3) is 0.353. The largest absolute Gasteiger partial charge is 0.274 e. The molecule has 5 nitrogen and oxygen atoms in total. The molecule has 0 radical (unpaired) electrons. The zero-order chi connectivity index (χ0) is 16.0. The van der Waals surface area contributed by atoms with Crippen molar-refractivity contribution in [2.75, 3.05) is 4.90 Å². The van der Waals surface area contributed by atoms with Gasteiger partial charge in [0.05, 0.1) is 17.8 Å². The third-order valence-electron chi connectivity index (χ3n) is 4.40. The molecule has 0 spiro atoms. The maximum Gasteiger partial charge on any atom is 0.259 e. The zero-order valence-corrected chi connectivity index (χ0v) is 13.3. The van der Waals surface area contributed by atoms with Crippen LogP contribution >= 0.6 is 0 Å². The first kappa shape index (κ1) is 14.5. The van der Waals surface area contributed by atoms with Crippen molar-refractivity contribution in [2.24, 2.45) is 0 Å². The number of imide groups is 1. The molecule has 2 heterocycles. The number of benzene rings is 1. The molecule has 0 unspecified atom stereocenters. The van der Waals surface area contributed by atoms with Crippen molar-refractivity contribution < 1.29 is 9.59 Å². The van der Waals surface area contributed by atoms with Crippen LogP contribution in [0.4, 0.5) is 5.69 Å². The quantitative estimate of drug-likeness (QED) is 0.801. The Morgan fingerprint density at radius 1 is 1.05 bits per heavy atom. The van der Waals surface area contributed by atoms with Crippen molar-refractivity contribution in [3.8, 4) is 0 Å². The monoisotopic (exact) mass is 297 g/mol. The van der Waals surface area contributed by atoms with Gasteiger partial charge in [-0.05, 0) is 45.4 Å². The van der Waals surface area contributed by atoms with E-state index in [9.17, 15) is 9.59 Å². The second kappa shape index (κ2) is 5.09. The number of nitrogens with zero attached hydrogens (tertiary/aromatic N) is 3. The van der Waals surface area contributed by atoms with E-state index in [4.69, 9.17) is 0 Å². The molecule has 5 heteroatoms. The summed E-state index contributed by atoms with van der Waals surface area (Å²) in [7, 11) is 0. The number of anilines is 1. The summed E-state index contributed by atoms with van der Waals surface area (Å²) in [5, 5.41) is 4.44. The van der Waals surface area contributed by atoms with Crippen molar-refractivity contribution in [3.63, 3.8) is 0 Å². The van der Waals surface area contributed by atoms with E-state index in [1.54, 1.807) is 16.8 Å². The van der Waals surface area contributed by atoms with Gasteiger partial charge in [-0.3, -0.25) is 14.3 Å². The molecule has 1 saturated heterocycles. The number of hydrogen-bond acceptors (Lipinski definition) is 3. The standard InChI is InChI=1S/C17H19N3O2/c1-10-5-7-14(8-6-10)19-16(21)9-15(17(19)22)20-13(4)11(2)12(3)18-20/h5-8,15H,9H2,1-4H3/t15-/m0/s1. The Labute approximate surface area is 129 Å². The molecule has 1 aliphatic rings. The number of aromatic nitrogens is 2. The summed E-state index contributed by atoms with van der Waals surface area (Å²) in [5.74, 6) is -0.386. The molecule has 1 fully saturated rings. The van der Waals surface area contributed by atoms with E-state index in [2.05, 4.69) is 5.10 Å². The van der Waals surface area contributed by atoms with Crippen LogP contribution < -0.4 is 4.90 Å². The summed E-state index contributed by atoms with van der Waals surface area (Å²) in [6, 6.07) is 6.87. The zero-order valence-electron chi connectivity index (χ0n) is 13.3. The van der Waals surface area contributed by atoms with Gasteiger partial charge >= 0.3 is 0 Å². The van der Waals surface area contributed by atoms with E-state index in [1.807, 2.05) is 39.8 Å². The van der Waals surface area contributed by atoms with Crippen molar-refractivity contribution in [1.82, 2.24) is 9.78 Å². The van der Waals surface area contributed by atoms with E-state index in [0.717, 1.165) is 22.5 Å². The van der Waals surface area contributed by atoms with Crippen molar-refractivity contribution in [2.45, 2.75) is 40.2 Å². The molecule has 1 aromatic heterocycles. The lowest BCUT2D eigenvalue weighted by Crippen LogP contribution is -2.31. The normalized spacial score (nSPS) is 18.4. The van der Waals surface area contributed by atoms with Crippen molar-refractivity contribution in [3.05, 3.63) is 46.8 Å². The maximum absolute atomic E-state index is 12.7. The van der Waals surface area contributed by atoms with Gasteiger partial charge in [0.25, 0.3) is 5.91 Å². The molecule has 1 aliphatic heterocycles. The van der Waals surface area contributed by atoms with Gasteiger partial charge in [-0.2, -0.15) is 5.10 Å². The molecule has 2 amide bonds. The summed E-state index contributed by atoms with van der Waals surface area (Å²) in [4.78, 5) is 26.3. The summed E-state index contributed by atoms with van der Waals surface area (Å²) >= 11 is 0. The first-order chi connectivity index (χ1) is 10.4. The van der Waals surface area contributed by atoms with Crippen molar-refractivity contribution >= 4 is 17.5 Å². The van der Waals surface area contributed by atoms with E-state index < -0.39 is 6.04 Å². The van der Waals surface area contributed by atoms with Gasteiger partial charge in [-0.1, -0.05) is 17.7 Å². The Morgan fingerprint density at radius 3 is 2.23 bits per heavy atom. The first-order valence-corrected chi connectivity index (χ1v) is 7.36. The van der Waals surface area contributed by atoms with Crippen LogP contribution in [-0.2, 0) is 9.59 Å². The molecule has 0 saturated carbocycles. The van der Waals surface area contributed by atoms with Crippen LogP contribution in [0.15, 0.2) is 24.3 Å². The molecule has 114 valence electrons. The number of amides is 2. The Bertz CT molecular complexity index is 759. The first-order valence-electron chi connectivity index (χ1n) is 7.36. The SMILES string of the molecule is Cc1ccc(N2C(=O)C[C@H](n3nc(C)c(C)c3C)C2=O)cc1. The van der Waals surface area contributed by atoms with Crippen LogP contribution in [0.25, 0.3) is 0 Å². The summed E-state index contributed by atoms with van der Waals surface area (Å²) in [6.45, 7) is 7.80. The summed E-state index contributed by atoms with van der Waals surface area (Å²) < 4.78 is 1.69. The summed E-state index contributed by atoms with van der Waals surface area (Å²) in [6.07, 6.45) is 0.161. The number of carbonyl (C=O) groups excluding carboxylic acids is 2. The molecule has 3 rings (SSSR count). The Morgan fingerprint density at radius 2 is 1.68 bits per heavy atom. The Balaban J connectivity index is 1.97. The molecule has 22 heavy (non-hydrogen) atoms. The highest BCUT2D eigenvalue weighted by Gasteiger charge is 2.41. The molecule has 1 atom stereocenters. The lowest BCUT2D eigenvalue weighted by atomic mass is 10.2. The second-order valence-electron chi connectivity index (χ2n) is 5.86. The van der Waals surface area contributed by atoms with Crippen LogP contribution in [0.2, 0.25) is 0 Å². The molecule has 0 N–H and O–H groups in total. The van der Waals surface area contributed by atoms with Crippen LogP contribution in [0, 0.1) is 27.7 Å². The molecule has 2 aromatic rings. The van der Waals surface area contributed by atoms with Crippen LogP contribution in [0.5, 0.6) is 0 Å². The van der Waals surface area contributed by atoms with Gasteiger partial charge in [-0.25, -0.2) is 4.90 Å². The van der Waals surface area contributed by atoms with E-state index in [0.29, 0.717) is 5.69 Å². The fourth-order valence-corrected chi connectivity index (χ4v) is 2.82. The van der Waals surface area contributed by atoms with Crippen LogP contribution in [-0.4, -0.2) is 21.6 Å². The lowest BCUT2D eigenvalue weighted by Gasteiger charge is -2.16. The maximum atomic E-state index is 12.7. The van der Waals surface area contributed by atoms with Crippen molar-refractivity contribution in [1.29, 1.82) is 0 Å². The number of hydrogen-bond donors (Lipinski definition) is 0. The minimum absolute atomic E-state index is 0.161. The fourth-order valence-electron chi connectivity index (χ4n) is 2.82. The lowest BCUT2D eigenvalue weighted by molar-refractivity contribution is -0.122. The van der Waals surface area contributed by atoms with Gasteiger partial charge < -0.3 is 0 Å². The number of aryl methyl sites for hydroxylation is 2. The average Bonchev–Trinajstić information content (AvgIpc) is 2.91. The van der Waals surface area contributed by atoms with Gasteiger partial charge in [0.1, 0.15) is 6.04 Å².